The van der Waals surface area contributed by atoms with Crippen LogP contribution in [0.4, 0.5) is 0 Å². The highest BCUT2D eigenvalue weighted by atomic mass is 32.2. The quantitative estimate of drug-likeness (QED) is 0.596. The fourth-order valence-corrected chi connectivity index (χ4v) is 5.57. The Labute approximate surface area is 128 Å². The number of hydrogen-bond donors (Lipinski definition) is 2. The first-order chi connectivity index (χ1) is 9.93. The third-order valence-electron chi connectivity index (χ3n) is 5.60. The van der Waals surface area contributed by atoms with Gasteiger partial charge in [-0.1, -0.05) is 25.7 Å². The first-order valence-electron chi connectivity index (χ1n) is 8.13. The fourth-order valence-electron chi connectivity index (χ4n) is 4.38. The Morgan fingerprint density at radius 3 is 2.38 bits per heavy atom. The molecular formula is C15H30N2O3S. The normalized spacial score (nSPS) is 31.8. The molecule has 0 aromatic carbocycles. The summed E-state index contributed by atoms with van der Waals surface area (Å²) in [5, 5.41) is -0.218. The lowest BCUT2D eigenvalue weighted by Gasteiger charge is -2.47. The molecule has 0 aliphatic heterocycles. The number of ether oxygens (including phenoxy) is 1. The van der Waals surface area contributed by atoms with Gasteiger partial charge < -0.3 is 4.74 Å². The molecule has 2 rings (SSSR count). The van der Waals surface area contributed by atoms with Crippen LogP contribution in [0.15, 0.2) is 0 Å². The van der Waals surface area contributed by atoms with Crippen LogP contribution in [0.25, 0.3) is 0 Å². The van der Waals surface area contributed by atoms with Crippen LogP contribution in [0, 0.1) is 5.92 Å². The average Bonchev–Trinajstić information content (AvgIpc) is 2.48. The molecule has 124 valence electrons. The van der Waals surface area contributed by atoms with E-state index in [1.807, 2.05) is 0 Å². The molecule has 0 aromatic rings. The van der Waals surface area contributed by atoms with E-state index in [4.69, 9.17) is 10.6 Å². The lowest BCUT2D eigenvalue weighted by atomic mass is 9.71. The molecular weight excluding hydrogens is 288 g/mol. The lowest BCUT2D eigenvalue weighted by molar-refractivity contribution is -0.0851. The van der Waals surface area contributed by atoms with Gasteiger partial charge in [0.1, 0.15) is 9.84 Å². The number of nitrogens with two attached hydrogens (primary N) is 1. The Bertz CT molecular complexity index is 432. The van der Waals surface area contributed by atoms with Crippen molar-refractivity contribution in [2.75, 3.05) is 13.4 Å². The highest BCUT2D eigenvalue weighted by Gasteiger charge is 2.45. The van der Waals surface area contributed by atoms with Crippen molar-refractivity contribution in [1.29, 1.82) is 0 Å². The zero-order chi connectivity index (χ0) is 15.5. The Morgan fingerprint density at radius 1 is 1.19 bits per heavy atom. The molecule has 0 heterocycles. The molecule has 0 aromatic heterocycles. The smallest absolute Gasteiger partial charge is 0.150 e. The summed E-state index contributed by atoms with van der Waals surface area (Å²) in [7, 11) is -1.20. The van der Waals surface area contributed by atoms with Gasteiger partial charge in [0.25, 0.3) is 0 Å². The number of hydrogen-bond acceptors (Lipinski definition) is 5. The second kappa shape index (κ2) is 6.94. The van der Waals surface area contributed by atoms with Crippen molar-refractivity contribution in [2.24, 2.45) is 11.8 Å². The van der Waals surface area contributed by atoms with E-state index in [2.05, 4.69) is 5.43 Å². The standard InChI is InChI=1S/C15H30N2O3S/c1-20-15(9-4-3-5-10-15)14(17-16)12-7-6-8-13(11-12)21(2,18)19/h12-14,17H,3-11,16H2,1-2H3. The van der Waals surface area contributed by atoms with Crippen LogP contribution >= 0.6 is 0 Å². The molecule has 0 saturated heterocycles. The van der Waals surface area contributed by atoms with E-state index < -0.39 is 9.84 Å². The maximum atomic E-state index is 11.9. The molecule has 3 unspecified atom stereocenters. The predicted molar refractivity (Wildman–Crippen MR) is 84.5 cm³/mol. The zero-order valence-electron chi connectivity index (χ0n) is 13.3. The van der Waals surface area contributed by atoms with Crippen molar-refractivity contribution in [1.82, 2.24) is 5.43 Å². The van der Waals surface area contributed by atoms with Crippen molar-refractivity contribution in [3.63, 3.8) is 0 Å². The summed E-state index contributed by atoms with van der Waals surface area (Å²) < 4.78 is 29.7. The van der Waals surface area contributed by atoms with Crippen LogP contribution in [0.2, 0.25) is 0 Å². The van der Waals surface area contributed by atoms with Gasteiger partial charge in [-0.15, -0.1) is 0 Å². The van der Waals surface area contributed by atoms with Gasteiger partial charge in [-0.3, -0.25) is 11.3 Å². The second-order valence-corrected chi connectivity index (χ2v) is 9.18. The van der Waals surface area contributed by atoms with Crippen LogP contribution in [-0.4, -0.2) is 38.7 Å². The first kappa shape index (κ1) is 17.2. The maximum Gasteiger partial charge on any atom is 0.150 e. The number of hydrazine groups is 1. The van der Waals surface area contributed by atoms with Gasteiger partial charge in [-0.2, -0.15) is 0 Å². The van der Waals surface area contributed by atoms with E-state index in [-0.39, 0.29) is 22.8 Å². The average molecular weight is 318 g/mol. The molecule has 3 atom stereocenters. The number of nitrogens with one attached hydrogen (secondary N) is 1. The summed E-state index contributed by atoms with van der Waals surface area (Å²) >= 11 is 0. The van der Waals surface area contributed by atoms with Gasteiger partial charge in [0.2, 0.25) is 0 Å². The summed E-state index contributed by atoms with van der Waals surface area (Å²) in [6.45, 7) is 0. The van der Waals surface area contributed by atoms with Crippen LogP contribution in [-0.2, 0) is 14.6 Å². The summed E-state index contributed by atoms with van der Waals surface area (Å²) in [5.41, 5.74) is 2.76. The Kier molecular flexibility index (Phi) is 5.68. The molecule has 6 heteroatoms. The lowest BCUT2D eigenvalue weighted by Crippen LogP contribution is -2.59. The van der Waals surface area contributed by atoms with E-state index >= 15 is 0 Å². The number of methoxy groups -OCH3 is 1. The van der Waals surface area contributed by atoms with Crippen LogP contribution in [0.3, 0.4) is 0 Å². The minimum absolute atomic E-state index is 0.0485. The number of rotatable bonds is 5. The highest BCUT2D eigenvalue weighted by molar-refractivity contribution is 7.91. The fraction of sp³-hybridized carbons (Fsp3) is 1.00. The molecule has 2 fully saturated rings. The highest BCUT2D eigenvalue weighted by Crippen LogP contribution is 2.41. The molecule has 0 radical (unpaired) electrons. The number of sulfone groups is 1. The first-order valence-corrected chi connectivity index (χ1v) is 10.1. The Hall–Kier alpha value is -0.170. The third-order valence-corrected chi connectivity index (χ3v) is 7.24. The minimum atomic E-state index is -2.97. The molecule has 5 nitrogen and oxygen atoms in total. The van der Waals surface area contributed by atoms with E-state index in [9.17, 15) is 8.42 Å². The van der Waals surface area contributed by atoms with Crippen LogP contribution in [0.1, 0.15) is 57.8 Å². The predicted octanol–water partition coefficient (Wildman–Crippen LogP) is 1.77. The summed E-state index contributed by atoms with van der Waals surface area (Å²) in [6.07, 6.45) is 10.4. The van der Waals surface area contributed by atoms with Gasteiger partial charge >= 0.3 is 0 Å². The van der Waals surface area contributed by atoms with E-state index in [1.165, 1.54) is 12.7 Å². The summed E-state index contributed by atoms with van der Waals surface area (Å²) in [5.74, 6) is 6.15. The monoisotopic (exact) mass is 318 g/mol. The molecule has 0 amide bonds. The molecule has 0 bridgehead atoms. The van der Waals surface area contributed by atoms with Crippen molar-refractivity contribution in [3.8, 4) is 0 Å². The SMILES string of the molecule is COC1(C(NN)C2CCCC(S(C)(=O)=O)C2)CCCCC1. The van der Waals surface area contributed by atoms with E-state index in [0.717, 1.165) is 44.9 Å². The van der Waals surface area contributed by atoms with Gasteiger partial charge in [-0.05, 0) is 38.0 Å². The van der Waals surface area contributed by atoms with Crippen molar-refractivity contribution in [3.05, 3.63) is 0 Å². The largest absolute Gasteiger partial charge is 0.377 e. The zero-order valence-corrected chi connectivity index (χ0v) is 14.1. The van der Waals surface area contributed by atoms with Gasteiger partial charge in [0.05, 0.1) is 16.9 Å². The van der Waals surface area contributed by atoms with E-state index in [0.29, 0.717) is 6.42 Å². The Morgan fingerprint density at radius 2 is 1.86 bits per heavy atom. The molecule has 21 heavy (non-hydrogen) atoms. The maximum absolute atomic E-state index is 11.9. The summed E-state index contributed by atoms with van der Waals surface area (Å²) in [6, 6.07) is 0.0485. The molecule has 0 spiro atoms. The third kappa shape index (κ3) is 3.78. The second-order valence-electron chi connectivity index (χ2n) is 6.85. The molecule has 2 aliphatic rings. The van der Waals surface area contributed by atoms with Crippen molar-refractivity contribution < 1.29 is 13.2 Å². The minimum Gasteiger partial charge on any atom is -0.377 e. The van der Waals surface area contributed by atoms with Gasteiger partial charge in [0, 0.05) is 13.4 Å². The van der Waals surface area contributed by atoms with Crippen LogP contribution < -0.4 is 11.3 Å². The molecule has 2 aliphatic carbocycles. The van der Waals surface area contributed by atoms with E-state index in [1.54, 1.807) is 7.11 Å². The van der Waals surface area contributed by atoms with Crippen molar-refractivity contribution >= 4 is 9.84 Å². The Balaban J connectivity index is 2.16. The van der Waals surface area contributed by atoms with Crippen molar-refractivity contribution in [2.45, 2.75) is 74.7 Å². The van der Waals surface area contributed by atoms with Crippen LogP contribution in [0.5, 0.6) is 0 Å². The molecule has 2 saturated carbocycles. The van der Waals surface area contributed by atoms with Gasteiger partial charge in [-0.25, -0.2) is 8.42 Å². The topological polar surface area (TPSA) is 81.4 Å². The summed E-state index contributed by atoms with van der Waals surface area (Å²) in [4.78, 5) is 0. The van der Waals surface area contributed by atoms with Gasteiger partial charge in [0.15, 0.2) is 0 Å². The molecule has 3 N–H and O–H groups in total.